The molecule has 0 radical (unpaired) electrons. The molecular formula is C6H11NO3. The lowest BCUT2D eigenvalue weighted by atomic mass is 9.97. The van der Waals surface area contributed by atoms with Gasteiger partial charge in [0.15, 0.2) is 5.60 Å². The van der Waals surface area contributed by atoms with Crippen molar-refractivity contribution in [2.75, 3.05) is 6.54 Å². The summed E-state index contributed by atoms with van der Waals surface area (Å²) in [6.07, 6.45) is 0.295. The van der Waals surface area contributed by atoms with Gasteiger partial charge in [-0.3, -0.25) is 0 Å². The van der Waals surface area contributed by atoms with E-state index in [1.165, 1.54) is 0 Å². The van der Waals surface area contributed by atoms with Crippen LogP contribution in [0.25, 0.3) is 0 Å². The Morgan fingerprint density at radius 1 is 1.80 bits per heavy atom. The zero-order valence-electron chi connectivity index (χ0n) is 5.79. The standard InChI is InChI=1S/C6H11NO3/c1-4-6(10,5(8)9)2-3-7-4/h4,7,10H,2-3H2,1H3,(H,8,9)/t4-,6?/m1/s1. The molecule has 0 aromatic rings. The van der Waals surface area contributed by atoms with Gasteiger partial charge in [0.25, 0.3) is 0 Å². The van der Waals surface area contributed by atoms with Crippen molar-refractivity contribution in [1.29, 1.82) is 0 Å². The number of hydrogen-bond donors (Lipinski definition) is 3. The van der Waals surface area contributed by atoms with Crippen molar-refractivity contribution in [3.63, 3.8) is 0 Å². The first-order chi connectivity index (χ1) is 4.57. The Morgan fingerprint density at radius 3 is 2.60 bits per heavy atom. The predicted molar refractivity (Wildman–Crippen MR) is 34.7 cm³/mol. The van der Waals surface area contributed by atoms with Crippen molar-refractivity contribution in [2.24, 2.45) is 0 Å². The lowest BCUT2D eigenvalue weighted by Crippen LogP contribution is -2.47. The summed E-state index contributed by atoms with van der Waals surface area (Å²) >= 11 is 0. The number of rotatable bonds is 1. The van der Waals surface area contributed by atoms with Crippen molar-refractivity contribution in [3.05, 3.63) is 0 Å². The Balaban J connectivity index is 2.75. The first kappa shape index (κ1) is 7.50. The fraction of sp³-hybridized carbons (Fsp3) is 0.833. The molecule has 0 aromatic carbocycles. The Hall–Kier alpha value is -0.610. The lowest BCUT2D eigenvalue weighted by molar-refractivity contribution is -0.158. The Morgan fingerprint density at radius 2 is 2.40 bits per heavy atom. The van der Waals surface area contributed by atoms with Crippen molar-refractivity contribution in [1.82, 2.24) is 5.32 Å². The van der Waals surface area contributed by atoms with Crippen LogP contribution in [0.1, 0.15) is 13.3 Å². The average molecular weight is 145 g/mol. The molecule has 1 aliphatic heterocycles. The van der Waals surface area contributed by atoms with E-state index in [-0.39, 0.29) is 6.04 Å². The van der Waals surface area contributed by atoms with E-state index in [1.54, 1.807) is 6.92 Å². The largest absolute Gasteiger partial charge is 0.479 e. The molecule has 0 saturated carbocycles. The molecule has 0 spiro atoms. The van der Waals surface area contributed by atoms with Crippen LogP contribution in [0.4, 0.5) is 0 Å². The SMILES string of the molecule is C[C@H]1NCCC1(O)C(=O)O. The highest BCUT2D eigenvalue weighted by molar-refractivity contribution is 5.78. The topological polar surface area (TPSA) is 69.6 Å². The van der Waals surface area contributed by atoms with Gasteiger partial charge in [0, 0.05) is 12.5 Å². The zero-order chi connectivity index (χ0) is 7.78. The van der Waals surface area contributed by atoms with E-state index in [0.717, 1.165) is 0 Å². The number of nitrogens with one attached hydrogen (secondary N) is 1. The van der Waals surface area contributed by atoms with Crippen LogP contribution in [-0.2, 0) is 4.79 Å². The average Bonchev–Trinajstić information content (AvgIpc) is 2.15. The van der Waals surface area contributed by atoms with E-state index in [2.05, 4.69) is 5.32 Å². The number of carbonyl (C=O) groups is 1. The molecule has 1 rings (SSSR count). The molecule has 4 nitrogen and oxygen atoms in total. The maximum absolute atomic E-state index is 10.4. The molecule has 1 unspecified atom stereocenters. The Kier molecular flexibility index (Phi) is 1.66. The third-order valence-electron chi connectivity index (χ3n) is 2.04. The smallest absolute Gasteiger partial charge is 0.337 e. The molecule has 1 aliphatic rings. The minimum atomic E-state index is -1.54. The molecule has 2 atom stereocenters. The molecule has 10 heavy (non-hydrogen) atoms. The molecular weight excluding hydrogens is 134 g/mol. The van der Waals surface area contributed by atoms with Gasteiger partial charge < -0.3 is 15.5 Å². The van der Waals surface area contributed by atoms with Gasteiger partial charge in [-0.25, -0.2) is 4.79 Å². The van der Waals surface area contributed by atoms with E-state index in [4.69, 9.17) is 5.11 Å². The van der Waals surface area contributed by atoms with Gasteiger partial charge in [-0.05, 0) is 13.5 Å². The second kappa shape index (κ2) is 2.21. The van der Waals surface area contributed by atoms with Crippen molar-refractivity contribution in [3.8, 4) is 0 Å². The molecule has 1 fully saturated rings. The highest BCUT2D eigenvalue weighted by atomic mass is 16.4. The molecule has 0 bridgehead atoms. The fourth-order valence-electron chi connectivity index (χ4n) is 1.16. The first-order valence-electron chi connectivity index (χ1n) is 3.26. The second-order valence-corrected chi connectivity index (χ2v) is 2.66. The normalized spacial score (nSPS) is 40.0. The number of carboxylic acids is 1. The number of hydrogen-bond acceptors (Lipinski definition) is 3. The molecule has 0 amide bonds. The summed E-state index contributed by atoms with van der Waals surface area (Å²) in [5.74, 6) is -1.13. The van der Waals surface area contributed by atoms with Crippen LogP contribution in [0.15, 0.2) is 0 Å². The van der Waals surface area contributed by atoms with Gasteiger partial charge in [-0.2, -0.15) is 0 Å². The summed E-state index contributed by atoms with van der Waals surface area (Å²) in [6.45, 7) is 2.24. The number of carboxylic acid groups (broad SMARTS) is 1. The van der Waals surface area contributed by atoms with Gasteiger partial charge in [-0.1, -0.05) is 0 Å². The summed E-state index contributed by atoms with van der Waals surface area (Å²) in [5, 5.41) is 20.8. The van der Waals surface area contributed by atoms with Crippen LogP contribution >= 0.6 is 0 Å². The van der Waals surface area contributed by atoms with Crippen molar-refractivity contribution >= 4 is 5.97 Å². The van der Waals surface area contributed by atoms with Gasteiger partial charge in [0.05, 0.1) is 0 Å². The van der Waals surface area contributed by atoms with E-state index >= 15 is 0 Å². The van der Waals surface area contributed by atoms with Crippen molar-refractivity contribution in [2.45, 2.75) is 25.0 Å². The van der Waals surface area contributed by atoms with Crippen LogP contribution in [0, 0.1) is 0 Å². The summed E-state index contributed by atoms with van der Waals surface area (Å²) in [5.41, 5.74) is -1.54. The van der Waals surface area contributed by atoms with Crippen molar-refractivity contribution < 1.29 is 15.0 Å². The lowest BCUT2D eigenvalue weighted by Gasteiger charge is -2.20. The molecule has 0 aliphatic carbocycles. The molecule has 58 valence electrons. The van der Waals surface area contributed by atoms with Crippen LogP contribution < -0.4 is 5.32 Å². The van der Waals surface area contributed by atoms with Crippen LogP contribution in [0.2, 0.25) is 0 Å². The monoisotopic (exact) mass is 145 g/mol. The minimum Gasteiger partial charge on any atom is -0.479 e. The number of aliphatic hydroxyl groups is 1. The maximum atomic E-state index is 10.4. The summed E-state index contributed by atoms with van der Waals surface area (Å²) in [7, 11) is 0. The Bertz CT molecular complexity index is 159. The summed E-state index contributed by atoms with van der Waals surface area (Å²) in [4.78, 5) is 10.4. The molecule has 1 heterocycles. The predicted octanol–water partition coefficient (Wildman–Crippen LogP) is -0.816. The Labute approximate surface area is 58.9 Å². The third kappa shape index (κ3) is 0.892. The molecule has 0 aromatic heterocycles. The number of aliphatic carboxylic acids is 1. The van der Waals surface area contributed by atoms with Crippen LogP contribution in [-0.4, -0.2) is 34.4 Å². The first-order valence-corrected chi connectivity index (χ1v) is 3.26. The van der Waals surface area contributed by atoms with E-state index in [0.29, 0.717) is 13.0 Å². The molecule has 3 N–H and O–H groups in total. The fourth-order valence-corrected chi connectivity index (χ4v) is 1.16. The highest BCUT2D eigenvalue weighted by Gasteiger charge is 2.45. The summed E-state index contributed by atoms with van der Waals surface area (Å²) < 4.78 is 0. The molecule has 4 heteroatoms. The van der Waals surface area contributed by atoms with Gasteiger partial charge in [-0.15, -0.1) is 0 Å². The van der Waals surface area contributed by atoms with Crippen LogP contribution in [0.3, 0.4) is 0 Å². The van der Waals surface area contributed by atoms with E-state index < -0.39 is 11.6 Å². The third-order valence-corrected chi connectivity index (χ3v) is 2.04. The maximum Gasteiger partial charge on any atom is 0.337 e. The van der Waals surface area contributed by atoms with E-state index in [1.807, 2.05) is 0 Å². The van der Waals surface area contributed by atoms with Gasteiger partial charge in [0.2, 0.25) is 0 Å². The van der Waals surface area contributed by atoms with E-state index in [9.17, 15) is 9.90 Å². The quantitative estimate of drug-likeness (QED) is 0.451. The zero-order valence-corrected chi connectivity index (χ0v) is 5.79. The van der Waals surface area contributed by atoms with Gasteiger partial charge in [0.1, 0.15) is 0 Å². The highest BCUT2D eigenvalue weighted by Crippen LogP contribution is 2.20. The second-order valence-electron chi connectivity index (χ2n) is 2.66. The minimum absolute atomic E-state index is 0.295. The molecule has 1 saturated heterocycles. The van der Waals surface area contributed by atoms with Crippen LogP contribution in [0.5, 0.6) is 0 Å². The van der Waals surface area contributed by atoms with Gasteiger partial charge >= 0.3 is 5.97 Å². The summed E-state index contributed by atoms with van der Waals surface area (Å²) in [6, 6.07) is -0.343.